The van der Waals surface area contributed by atoms with Crippen LogP contribution in [0, 0.1) is 17.2 Å². The highest BCUT2D eigenvalue weighted by atomic mass is 35.5. The number of carbonyl (C=O) groups is 1. The molecule has 1 aromatic heterocycles. The summed E-state index contributed by atoms with van der Waals surface area (Å²) in [6.45, 7) is 8.51. The van der Waals surface area contributed by atoms with Crippen LogP contribution in [0.4, 0.5) is 0 Å². The Kier molecular flexibility index (Phi) is 13.4. The van der Waals surface area contributed by atoms with Gasteiger partial charge in [-0.05, 0) is 42.2 Å². The van der Waals surface area contributed by atoms with Crippen LogP contribution in [-0.4, -0.2) is 78.5 Å². The van der Waals surface area contributed by atoms with Crippen LogP contribution in [0.25, 0.3) is 5.57 Å². The maximum atomic E-state index is 11.3. The van der Waals surface area contributed by atoms with Crippen LogP contribution in [0.3, 0.4) is 0 Å². The maximum absolute atomic E-state index is 11.3. The fourth-order valence-corrected chi connectivity index (χ4v) is 6.53. The van der Waals surface area contributed by atoms with Crippen LogP contribution in [0.5, 0.6) is 11.5 Å². The van der Waals surface area contributed by atoms with Gasteiger partial charge in [-0.1, -0.05) is 61.0 Å². The van der Waals surface area contributed by atoms with E-state index >= 15 is 0 Å². The first kappa shape index (κ1) is 37.0. The number of allylic oxidation sites excluding steroid dienone is 2. The van der Waals surface area contributed by atoms with Gasteiger partial charge in [0.25, 0.3) is 0 Å². The molecule has 3 N–H and O–H groups in total. The third-order valence-corrected chi connectivity index (χ3v) is 9.37. The van der Waals surface area contributed by atoms with Crippen LogP contribution >= 0.6 is 11.6 Å². The smallest absolute Gasteiger partial charge is 0.216 e. The van der Waals surface area contributed by atoms with Gasteiger partial charge in [-0.25, -0.2) is 0 Å². The largest absolute Gasteiger partial charge is 0.489 e. The third-order valence-electron chi connectivity index (χ3n) is 9.08. The Morgan fingerprint density at radius 3 is 2.76 bits per heavy atom. The molecule has 0 spiro atoms. The summed E-state index contributed by atoms with van der Waals surface area (Å²) in [4.78, 5) is 17.7. The van der Waals surface area contributed by atoms with Crippen molar-refractivity contribution < 1.29 is 24.1 Å². The number of benzene rings is 2. The third kappa shape index (κ3) is 10.2. The summed E-state index contributed by atoms with van der Waals surface area (Å²) in [7, 11) is 0. The number of β-amino-alcohol motifs (C(OH)–C–C–N with tert-alkyl or cyclic N) is 1. The number of nitriles is 1. The van der Waals surface area contributed by atoms with Crippen LogP contribution in [0.15, 0.2) is 79.2 Å². The lowest BCUT2D eigenvalue weighted by atomic mass is 9.77. The van der Waals surface area contributed by atoms with Crippen molar-refractivity contribution in [2.75, 3.05) is 45.9 Å². The molecule has 2 aromatic carbocycles. The zero-order valence-corrected chi connectivity index (χ0v) is 29.5. The minimum absolute atomic E-state index is 0.0370. The predicted octanol–water partition coefficient (Wildman–Crippen LogP) is 5.29. The molecule has 0 saturated carbocycles. The molecular weight excluding hydrogens is 654 g/mol. The van der Waals surface area contributed by atoms with Gasteiger partial charge in [0.2, 0.25) is 5.91 Å². The number of nitrogens with zero attached hydrogens (tertiary/aromatic N) is 3. The van der Waals surface area contributed by atoms with Crippen LogP contribution in [0.2, 0.25) is 5.02 Å². The second kappa shape index (κ2) is 18.1. The van der Waals surface area contributed by atoms with Gasteiger partial charge in [-0.3, -0.25) is 9.78 Å². The summed E-state index contributed by atoms with van der Waals surface area (Å²) >= 11 is 6.87. The maximum Gasteiger partial charge on any atom is 0.216 e. The number of hydrogen-bond acceptors (Lipinski definition) is 9. The van der Waals surface area contributed by atoms with Crippen molar-refractivity contribution in [1.82, 2.24) is 20.5 Å². The molecule has 50 heavy (non-hydrogen) atoms. The van der Waals surface area contributed by atoms with Crippen molar-refractivity contribution in [3.05, 3.63) is 106 Å². The average molecular weight is 700 g/mol. The Balaban J connectivity index is 1.35. The Hall–Kier alpha value is -4.24. The molecule has 1 amide bonds. The standard InChI is InChI=1S/C39H46ClN5O5/c1-28-35(32-8-4-3-5-9-32)10-6-12-39(28,50-17-7-15-45-16-11-34(47)25-45)27-49-38-20-37(48-26-31-18-30(21-41)22-43-23-31)33(19-36(38)40)24-42-13-14-44-29(2)46/h3-6,8-10,12,18-20,22-23,28,34,42,47H,7,11,13-17,24-27H2,1-2H3,(H,44,46)/t28-,34?,39?/m1/s1. The molecule has 0 bridgehead atoms. The number of ether oxygens (including phenoxy) is 3. The number of aromatic nitrogens is 1. The van der Waals surface area contributed by atoms with Gasteiger partial charge in [0.05, 0.1) is 16.7 Å². The molecule has 3 aromatic rings. The quantitative estimate of drug-likeness (QED) is 0.161. The van der Waals surface area contributed by atoms with E-state index in [1.807, 2.05) is 30.3 Å². The van der Waals surface area contributed by atoms with Crippen molar-refractivity contribution in [3.8, 4) is 17.6 Å². The van der Waals surface area contributed by atoms with Gasteiger partial charge in [-0.15, -0.1) is 0 Å². The highest BCUT2D eigenvalue weighted by Crippen LogP contribution is 2.40. The SMILES string of the molecule is CC(=O)NCCNCc1cc(Cl)c(OCC2(OCCCN3CCC(O)C3)C=CC=C(c3ccccc3)[C@H]2C)cc1OCc1cncc(C#N)c1. The molecule has 3 atom stereocenters. The fraction of sp³-hybridized carbons (Fsp3) is 0.410. The molecule has 1 aliphatic carbocycles. The number of rotatable bonds is 17. The molecule has 11 heteroatoms. The van der Waals surface area contributed by atoms with E-state index in [-0.39, 0.29) is 31.1 Å². The normalized spacial score (nSPS) is 20.3. The monoisotopic (exact) mass is 699 g/mol. The van der Waals surface area contributed by atoms with E-state index in [9.17, 15) is 15.2 Å². The molecule has 1 aliphatic heterocycles. The number of aliphatic hydroxyl groups is 1. The van der Waals surface area contributed by atoms with Crippen LogP contribution in [0.1, 0.15) is 48.9 Å². The lowest BCUT2D eigenvalue weighted by Gasteiger charge is -2.40. The molecule has 2 heterocycles. The molecule has 10 nitrogen and oxygen atoms in total. The fourth-order valence-electron chi connectivity index (χ4n) is 6.29. The minimum atomic E-state index is -0.776. The van der Waals surface area contributed by atoms with E-state index in [1.54, 1.807) is 18.3 Å². The van der Waals surface area contributed by atoms with E-state index in [0.717, 1.165) is 48.2 Å². The lowest BCUT2D eigenvalue weighted by Crippen LogP contribution is -2.45. The Labute approximate surface area is 299 Å². The van der Waals surface area contributed by atoms with E-state index in [4.69, 9.17) is 25.8 Å². The van der Waals surface area contributed by atoms with Gasteiger partial charge >= 0.3 is 0 Å². The summed E-state index contributed by atoms with van der Waals surface area (Å²) < 4.78 is 19.6. The van der Waals surface area contributed by atoms with Crippen LogP contribution in [-0.2, 0) is 22.7 Å². The number of nitrogens with one attached hydrogen (secondary N) is 2. The summed E-state index contributed by atoms with van der Waals surface area (Å²) in [5.41, 5.74) is 3.53. The summed E-state index contributed by atoms with van der Waals surface area (Å²) in [5, 5.41) is 25.8. The summed E-state index contributed by atoms with van der Waals surface area (Å²) in [5.74, 6) is 0.900. The van der Waals surface area contributed by atoms with Crippen molar-refractivity contribution in [2.45, 2.75) is 51.5 Å². The molecule has 1 saturated heterocycles. The van der Waals surface area contributed by atoms with Crippen molar-refractivity contribution in [1.29, 1.82) is 5.26 Å². The first-order valence-electron chi connectivity index (χ1n) is 17.1. The van der Waals surface area contributed by atoms with Gasteiger partial charge in [0.1, 0.15) is 36.4 Å². The molecule has 5 rings (SSSR count). The number of pyridine rings is 1. The van der Waals surface area contributed by atoms with Crippen LogP contribution < -0.4 is 20.1 Å². The van der Waals surface area contributed by atoms with E-state index in [2.05, 4.69) is 57.8 Å². The zero-order chi connectivity index (χ0) is 35.3. The van der Waals surface area contributed by atoms with Gasteiger partial charge in [-0.2, -0.15) is 5.26 Å². The zero-order valence-electron chi connectivity index (χ0n) is 28.7. The Bertz CT molecular complexity index is 1690. The number of carbonyl (C=O) groups excluding carboxylic acids is 1. The molecule has 2 aliphatic rings. The molecule has 2 unspecified atom stereocenters. The molecular formula is C39H46ClN5O5. The predicted molar refractivity (Wildman–Crippen MR) is 194 cm³/mol. The first-order chi connectivity index (χ1) is 24.3. The van der Waals surface area contributed by atoms with E-state index in [1.165, 1.54) is 13.1 Å². The van der Waals surface area contributed by atoms with Gasteiger partial charge in [0, 0.05) is 88.3 Å². The molecule has 264 valence electrons. The Morgan fingerprint density at radius 1 is 1.16 bits per heavy atom. The number of aliphatic hydroxyl groups excluding tert-OH is 1. The number of likely N-dealkylation sites (tertiary alicyclic amines) is 1. The Morgan fingerprint density at radius 2 is 2.00 bits per heavy atom. The van der Waals surface area contributed by atoms with Crippen molar-refractivity contribution in [3.63, 3.8) is 0 Å². The highest BCUT2D eigenvalue weighted by Gasteiger charge is 2.40. The van der Waals surface area contributed by atoms with Gasteiger partial charge in [0.15, 0.2) is 0 Å². The highest BCUT2D eigenvalue weighted by molar-refractivity contribution is 6.32. The van der Waals surface area contributed by atoms with Crippen molar-refractivity contribution >= 4 is 23.1 Å². The second-order valence-corrected chi connectivity index (χ2v) is 13.2. The minimum Gasteiger partial charge on any atom is -0.489 e. The summed E-state index contributed by atoms with van der Waals surface area (Å²) in [6, 6.07) is 17.8. The van der Waals surface area contributed by atoms with Gasteiger partial charge < -0.3 is 34.9 Å². The number of hydrogen-bond donors (Lipinski definition) is 3. The molecule has 1 fully saturated rings. The second-order valence-electron chi connectivity index (χ2n) is 12.8. The topological polar surface area (TPSA) is 129 Å². The first-order valence-corrected chi connectivity index (χ1v) is 17.5. The number of amides is 1. The average Bonchev–Trinajstić information content (AvgIpc) is 3.55. The summed E-state index contributed by atoms with van der Waals surface area (Å²) in [6.07, 6.45) is 10.8. The number of halogens is 1. The van der Waals surface area contributed by atoms with E-state index in [0.29, 0.717) is 54.9 Å². The lowest BCUT2D eigenvalue weighted by molar-refractivity contribution is -0.118. The van der Waals surface area contributed by atoms with Crippen molar-refractivity contribution in [2.24, 2.45) is 5.92 Å². The molecule has 0 radical (unpaired) electrons. The van der Waals surface area contributed by atoms with E-state index < -0.39 is 5.60 Å².